The van der Waals surface area contributed by atoms with Crippen LogP contribution in [-0.4, -0.2) is 35.9 Å². The Morgan fingerprint density at radius 3 is 2.07 bits per heavy atom. The molecular formula is C24H25NO5. The fraction of sp³-hybridized carbons (Fsp3) is 0.208. The summed E-state index contributed by atoms with van der Waals surface area (Å²) in [6.07, 6.45) is 0. The molecule has 0 spiro atoms. The van der Waals surface area contributed by atoms with E-state index in [1.54, 1.807) is 0 Å². The Balaban J connectivity index is 1.66. The van der Waals surface area contributed by atoms with E-state index in [0.29, 0.717) is 12.3 Å². The second-order valence-corrected chi connectivity index (χ2v) is 6.61. The molecule has 6 nitrogen and oxygen atoms in total. The molecule has 1 N–H and O–H groups in total. The Kier molecular flexibility index (Phi) is 7.97. The highest BCUT2D eigenvalue weighted by Crippen LogP contribution is 2.22. The maximum atomic E-state index is 12.1. The number of methoxy groups -OCH3 is 1. The average molecular weight is 407 g/mol. The van der Waals surface area contributed by atoms with E-state index in [1.807, 2.05) is 84.9 Å². The molecular weight excluding hydrogens is 382 g/mol. The van der Waals surface area contributed by atoms with E-state index < -0.39 is 18.6 Å². The van der Waals surface area contributed by atoms with E-state index in [0.717, 1.165) is 16.9 Å². The number of para-hydroxylation sites is 1. The van der Waals surface area contributed by atoms with Crippen molar-refractivity contribution in [3.63, 3.8) is 0 Å². The van der Waals surface area contributed by atoms with Crippen molar-refractivity contribution in [1.29, 1.82) is 0 Å². The van der Waals surface area contributed by atoms with Gasteiger partial charge in [0.05, 0.1) is 26.9 Å². The van der Waals surface area contributed by atoms with Crippen LogP contribution in [0.3, 0.4) is 0 Å². The molecule has 0 amide bonds. The monoisotopic (exact) mass is 407 g/mol. The molecule has 6 heteroatoms. The Morgan fingerprint density at radius 2 is 1.47 bits per heavy atom. The third kappa shape index (κ3) is 6.15. The van der Waals surface area contributed by atoms with E-state index in [9.17, 15) is 9.90 Å². The second kappa shape index (κ2) is 11.1. The van der Waals surface area contributed by atoms with Gasteiger partial charge in [0.25, 0.3) is 0 Å². The van der Waals surface area contributed by atoms with Crippen molar-refractivity contribution in [2.24, 2.45) is 0 Å². The molecule has 30 heavy (non-hydrogen) atoms. The van der Waals surface area contributed by atoms with Gasteiger partial charge in [-0.15, -0.1) is 0 Å². The van der Waals surface area contributed by atoms with Crippen LogP contribution in [0.5, 0.6) is 11.5 Å². The van der Waals surface area contributed by atoms with E-state index in [4.69, 9.17) is 14.3 Å². The SMILES string of the molecule is COC(=O)C(CO)N(Cc1ccccc1)OCc1ccc(Oc2ccccc2)cc1. The number of carbonyl (C=O) groups excluding carboxylic acids is 1. The number of hydroxylamine groups is 2. The molecule has 0 saturated heterocycles. The molecule has 156 valence electrons. The van der Waals surface area contributed by atoms with Crippen LogP contribution >= 0.6 is 0 Å². The van der Waals surface area contributed by atoms with Crippen molar-refractivity contribution < 1.29 is 24.2 Å². The molecule has 0 aliphatic rings. The molecule has 0 bridgehead atoms. The highest BCUT2D eigenvalue weighted by atomic mass is 16.7. The molecule has 0 aliphatic carbocycles. The second-order valence-electron chi connectivity index (χ2n) is 6.61. The van der Waals surface area contributed by atoms with Gasteiger partial charge in [-0.05, 0) is 35.4 Å². The first kappa shape index (κ1) is 21.5. The minimum atomic E-state index is -0.920. The fourth-order valence-corrected chi connectivity index (χ4v) is 2.86. The van der Waals surface area contributed by atoms with Gasteiger partial charge in [-0.25, -0.2) is 0 Å². The van der Waals surface area contributed by atoms with Gasteiger partial charge in [0.1, 0.15) is 11.5 Å². The van der Waals surface area contributed by atoms with Crippen LogP contribution in [0.1, 0.15) is 11.1 Å². The number of ether oxygens (including phenoxy) is 2. The first-order valence-corrected chi connectivity index (χ1v) is 9.63. The predicted molar refractivity (Wildman–Crippen MR) is 113 cm³/mol. The number of aliphatic hydroxyl groups excluding tert-OH is 1. The van der Waals surface area contributed by atoms with Gasteiger partial charge in [-0.2, -0.15) is 5.06 Å². The minimum absolute atomic E-state index is 0.228. The van der Waals surface area contributed by atoms with Crippen LogP contribution in [0.15, 0.2) is 84.9 Å². The number of benzene rings is 3. The lowest BCUT2D eigenvalue weighted by Crippen LogP contribution is -2.44. The maximum absolute atomic E-state index is 12.1. The highest BCUT2D eigenvalue weighted by molar-refractivity contribution is 5.75. The zero-order valence-electron chi connectivity index (χ0n) is 16.8. The summed E-state index contributed by atoms with van der Waals surface area (Å²) >= 11 is 0. The Bertz CT molecular complexity index is 900. The first-order valence-electron chi connectivity index (χ1n) is 9.63. The van der Waals surface area contributed by atoms with E-state index in [1.165, 1.54) is 12.2 Å². The summed E-state index contributed by atoms with van der Waals surface area (Å²) in [5, 5.41) is 11.2. The fourth-order valence-electron chi connectivity index (χ4n) is 2.86. The van der Waals surface area contributed by atoms with Gasteiger partial charge in [0, 0.05) is 0 Å². The van der Waals surface area contributed by atoms with Crippen molar-refractivity contribution in [3.05, 3.63) is 96.1 Å². The summed E-state index contributed by atoms with van der Waals surface area (Å²) in [6.45, 7) is 0.145. The summed E-state index contributed by atoms with van der Waals surface area (Å²) in [4.78, 5) is 18.0. The van der Waals surface area contributed by atoms with E-state index in [2.05, 4.69) is 0 Å². The maximum Gasteiger partial charge on any atom is 0.327 e. The normalized spacial score (nSPS) is 11.8. The largest absolute Gasteiger partial charge is 0.468 e. The number of aliphatic hydroxyl groups is 1. The molecule has 3 rings (SSSR count). The van der Waals surface area contributed by atoms with Crippen molar-refractivity contribution in [2.45, 2.75) is 19.2 Å². The smallest absolute Gasteiger partial charge is 0.327 e. The topological polar surface area (TPSA) is 68.2 Å². The van der Waals surface area contributed by atoms with Gasteiger partial charge < -0.3 is 14.6 Å². The van der Waals surface area contributed by atoms with Crippen molar-refractivity contribution >= 4 is 5.97 Å². The van der Waals surface area contributed by atoms with Crippen molar-refractivity contribution in [3.8, 4) is 11.5 Å². The summed E-state index contributed by atoms with van der Waals surface area (Å²) < 4.78 is 10.6. The molecule has 3 aromatic rings. The standard InChI is InChI=1S/C24H25NO5/c1-28-24(27)23(17-26)25(16-19-8-4-2-5-9-19)29-18-20-12-14-22(15-13-20)30-21-10-6-3-7-11-21/h2-15,23,26H,16-18H2,1H3. The van der Waals surface area contributed by atoms with Crippen LogP contribution in [0.4, 0.5) is 0 Å². The number of carbonyl (C=O) groups is 1. The lowest BCUT2D eigenvalue weighted by molar-refractivity contribution is -0.218. The number of hydrogen-bond acceptors (Lipinski definition) is 6. The third-order valence-corrected chi connectivity index (χ3v) is 4.47. The van der Waals surface area contributed by atoms with Gasteiger partial charge in [0.15, 0.2) is 6.04 Å². The first-order chi connectivity index (χ1) is 14.7. The van der Waals surface area contributed by atoms with Gasteiger partial charge >= 0.3 is 5.97 Å². The van der Waals surface area contributed by atoms with Crippen LogP contribution in [0.25, 0.3) is 0 Å². The van der Waals surface area contributed by atoms with Gasteiger partial charge in [-0.3, -0.25) is 9.63 Å². The molecule has 1 atom stereocenters. The zero-order chi connectivity index (χ0) is 21.2. The van der Waals surface area contributed by atoms with E-state index >= 15 is 0 Å². The Hall–Kier alpha value is -3.19. The minimum Gasteiger partial charge on any atom is -0.468 e. The molecule has 1 unspecified atom stereocenters. The average Bonchev–Trinajstić information content (AvgIpc) is 2.80. The summed E-state index contributed by atoms with van der Waals surface area (Å²) in [7, 11) is 1.29. The van der Waals surface area contributed by atoms with Crippen LogP contribution in [0, 0.1) is 0 Å². The van der Waals surface area contributed by atoms with Crippen LogP contribution in [0.2, 0.25) is 0 Å². The van der Waals surface area contributed by atoms with Crippen LogP contribution < -0.4 is 4.74 Å². The molecule has 0 fully saturated rings. The Morgan fingerprint density at radius 1 is 0.867 bits per heavy atom. The lowest BCUT2D eigenvalue weighted by atomic mass is 10.2. The van der Waals surface area contributed by atoms with Crippen LogP contribution in [-0.2, 0) is 27.5 Å². The summed E-state index contributed by atoms with van der Waals surface area (Å²) in [5.74, 6) is 0.924. The van der Waals surface area contributed by atoms with Gasteiger partial charge in [0.2, 0.25) is 0 Å². The number of nitrogens with zero attached hydrogens (tertiary/aromatic N) is 1. The lowest BCUT2D eigenvalue weighted by Gasteiger charge is -2.27. The quantitative estimate of drug-likeness (QED) is 0.406. The number of rotatable bonds is 10. The predicted octanol–water partition coefficient (Wildman–Crippen LogP) is 3.95. The molecule has 0 aromatic heterocycles. The highest BCUT2D eigenvalue weighted by Gasteiger charge is 2.27. The molecule has 3 aromatic carbocycles. The number of hydrogen-bond donors (Lipinski definition) is 1. The summed E-state index contributed by atoms with van der Waals surface area (Å²) in [5.41, 5.74) is 1.85. The molecule has 0 heterocycles. The van der Waals surface area contributed by atoms with Gasteiger partial charge in [-0.1, -0.05) is 60.7 Å². The van der Waals surface area contributed by atoms with Crippen molar-refractivity contribution in [2.75, 3.05) is 13.7 Å². The summed E-state index contributed by atoms with van der Waals surface area (Å²) in [6, 6.07) is 25.7. The van der Waals surface area contributed by atoms with E-state index in [-0.39, 0.29) is 6.61 Å². The molecule has 0 saturated carbocycles. The molecule has 0 aliphatic heterocycles. The van der Waals surface area contributed by atoms with Crippen molar-refractivity contribution in [1.82, 2.24) is 5.06 Å². The zero-order valence-corrected chi connectivity index (χ0v) is 16.8. The molecule has 0 radical (unpaired) electrons. The number of esters is 1. The third-order valence-electron chi connectivity index (χ3n) is 4.47. The Labute approximate surface area is 176 Å².